The summed E-state index contributed by atoms with van der Waals surface area (Å²) < 4.78 is 42.8. The molecule has 0 bridgehead atoms. The molecule has 1 atom stereocenters. The van der Waals surface area contributed by atoms with Crippen LogP contribution in [0.2, 0.25) is 0 Å². The fourth-order valence-electron chi connectivity index (χ4n) is 2.40. The van der Waals surface area contributed by atoms with Crippen LogP contribution in [0.15, 0.2) is 35.7 Å². The number of hydrogen-bond acceptors (Lipinski definition) is 4. The SMILES string of the molecule is C=CCCOCCNC1CCS(=O)(=O)c2ccc(F)cc21. The van der Waals surface area contributed by atoms with E-state index in [4.69, 9.17) is 4.74 Å². The van der Waals surface area contributed by atoms with Gasteiger partial charge in [0.15, 0.2) is 9.84 Å². The molecule has 1 N–H and O–H groups in total. The average molecular weight is 313 g/mol. The third-order valence-electron chi connectivity index (χ3n) is 3.46. The van der Waals surface area contributed by atoms with Gasteiger partial charge in [-0.15, -0.1) is 6.58 Å². The zero-order valence-electron chi connectivity index (χ0n) is 11.8. The highest BCUT2D eigenvalue weighted by atomic mass is 32.2. The van der Waals surface area contributed by atoms with Crippen LogP contribution in [0.5, 0.6) is 0 Å². The maximum Gasteiger partial charge on any atom is 0.178 e. The maximum atomic E-state index is 13.4. The minimum Gasteiger partial charge on any atom is -0.380 e. The maximum absolute atomic E-state index is 13.4. The summed E-state index contributed by atoms with van der Waals surface area (Å²) in [5.41, 5.74) is 0.521. The molecule has 0 aliphatic carbocycles. The molecule has 1 aliphatic heterocycles. The van der Waals surface area contributed by atoms with Crippen molar-refractivity contribution in [3.05, 3.63) is 42.2 Å². The number of hydrogen-bond donors (Lipinski definition) is 1. The van der Waals surface area contributed by atoms with Crippen LogP contribution in [0.4, 0.5) is 4.39 Å². The van der Waals surface area contributed by atoms with E-state index in [1.807, 2.05) is 0 Å². The van der Waals surface area contributed by atoms with Crippen molar-refractivity contribution in [2.24, 2.45) is 0 Å². The third kappa shape index (κ3) is 4.12. The fraction of sp³-hybridized carbons (Fsp3) is 0.467. The Morgan fingerprint density at radius 2 is 2.24 bits per heavy atom. The van der Waals surface area contributed by atoms with E-state index in [9.17, 15) is 12.8 Å². The molecule has 0 radical (unpaired) electrons. The standard InChI is InChI=1S/C15H20FNO3S/c1-2-3-8-20-9-7-17-14-6-10-21(18,19)15-5-4-12(16)11-13(14)15/h2,4-5,11,14,17H,1,3,6-10H2. The second-order valence-electron chi connectivity index (χ2n) is 4.99. The average Bonchev–Trinajstić information content (AvgIpc) is 2.44. The van der Waals surface area contributed by atoms with Gasteiger partial charge in [-0.25, -0.2) is 12.8 Å². The lowest BCUT2D eigenvalue weighted by Gasteiger charge is -2.26. The normalized spacial score (nSPS) is 20.0. The monoisotopic (exact) mass is 313 g/mol. The van der Waals surface area contributed by atoms with E-state index in [0.717, 1.165) is 6.42 Å². The molecule has 1 aliphatic rings. The van der Waals surface area contributed by atoms with Crippen molar-refractivity contribution in [2.45, 2.75) is 23.8 Å². The van der Waals surface area contributed by atoms with Crippen molar-refractivity contribution in [3.8, 4) is 0 Å². The molecule has 1 heterocycles. The number of sulfone groups is 1. The largest absolute Gasteiger partial charge is 0.380 e. The first-order valence-corrected chi connectivity index (χ1v) is 8.64. The van der Waals surface area contributed by atoms with Crippen LogP contribution in [0.25, 0.3) is 0 Å². The molecule has 1 unspecified atom stereocenters. The lowest BCUT2D eigenvalue weighted by atomic mass is 10.0. The molecule has 6 heteroatoms. The van der Waals surface area contributed by atoms with Gasteiger partial charge in [-0.3, -0.25) is 0 Å². The number of nitrogens with one attached hydrogen (secondary N) is 1. The molecule has 0 aromatic heterocycles. The Balaban J connectivity index is 1.99. The van der Waals surface area contributed by atoms with Crippen molar-refractivity contribution in [3.63, 3.8) is 0 Å². The first kappa shape index (κ1) is 16.1. The Bertz CT molecular complexity index is 601. The summed E-state index contributed by atoms with van der Waals surface area (Å²) in [7, 11) is -3.28. The zero-order chi connectivity index (χ0) is 15.3. The van der Waals surface area contributed by atoms with Gasteiger partial charge in [0, 0.05) is 12.6 Å². The Morgan fingerprint density at radius 3 is 3.00 bits per heavy atom. The molecule has 116 valence electrons. The lowest BCUT2D eigenvalue weighted by molar-refractivity contribution is 0.138. The van der Waals surface area contributed by atoms with E-state index in [1.165, 1.54) is 18.2 Å². The Kier molecular flexibility index (Phi) is 5.50. The highest BCUT2D eigenvalue weighted by molar-refractivity contribution is 7.91. The van der Waals surface area contributed by atoms with Gasteiger partial charge < -0.3 is 10.1 Å². The number of rotatable bonds is 7. The highest BCUT2D eigenvalue weighted by Gasteiger charge is 2.30. The Hall–Kier alpha value is -1.24. The van der Waals surface area contributed by atoms with E-state index >= 15 is 0 Å². The molecule has 1 aromatic rings. The molecule has 4 nitrogen and oxygen atoms in total. The van der Waals surface area contributed by atoms with Gasteiger partial charge in [0.1, 0.15) is 5.82 Å². The van der Waals surface area contributed by atoms with Gasteiger partial charge >= 0.3 is 0 Å². The molecule has 21 heavy (non-hydrogen) atoms. The van der Waals surface area contributed by atoms with Crippen LogP contribution in [0, 0.1) is 5.82 Å². The number of benzene rings is 1. The highest BCUT2D eigenvalue weighted by Crippen LogP contribution is 2.32. The summed E-state index contributed by atoms with van der Waals surface area (Å²) in [4.78, 5) is 0.236. The molecular weight excluding hydrogens is 293 g/mol. The van der Waals surface area contributed by atoms with Gasteiger partial charge in [0.2, 0.25) is 0 Å². The minimum atomic E-state index is -3.28. The molecule has 2 rings (SSSR count). The first-order chi connectivity index (χ1) is 10.0. The van der Waals surface area contributed by atoms with Crippen LogP contribution < -0.4 is 5.32 Å². The van der Waals surface area contributed by atoms with Crippen molar-refractivity contribution in [1.29, 1.82) is 0 Å². The van der Waals surface area contributed by atoms with Gasteiger partial charge in [0.25, 0.3) is 0 Å². The van der Waals surface area contributed by atoms with Crippen molar-refractivity contribution in [1.82, 2.24) is 5.32 Å². The molecule has 0 spiro atoms. The van der Waals surface area contributed by atoms with Crippen molar-refractivity contribution in [2.75, 3.05) is 25.5 Å². The number of ether oxygens (including phenoxy) is 1. The van der Waals surface area contributed by atoms with Crippen LogP contribution in [-0.4, -0.2) is 33.9 Å². The third-order valence-corrected chi connectivity index (χ3v) is 5.28. The number of halogens is 1. The second kappa shape index (κ2) is 7.15. The zero-order valence-corrected chi connectivity index (χ0v) is 12.7. The summed E-state index contributed by atoms with van der Waals surface area (Å²) in [6, 6.07) is 3.70. The summed E-state index contributed by atoms with van der Waals surface area (Å²) in [5.74, 6) is -0.333. The summed E-state index contributed by atoms with van der Waals surface area (Å²) in [5, 5.41) is 3.24. The Morgan fingerprint density at radius 1 is 1.43 bits per heavy atom. The van der Waals surface area contributed by atoms with E-state index in [-0.39, 0.29) is 16.7 Å². The van der Waals surface area contributed by atoms with Crippen molar-refractivity contribution >= 4 is 9.84 Å². The summed E-state index contributed by atoms with van der Waals surface area (Å²) in [6.07, 6.45) is 3.04. The molecule has 0 amide bonds. The fourth-order valence-corrected chi connectivity index (χ4v) is 4.00. The minimum absolute atomic E-state index is 0.0839. The molecular formula is C15H20FNO3S. The summed E-state index contributed by atoms with van der Waals surface area (Å²) >= 11 is 0. The predicted octanol–water partition coefficient (Wildman–Crippen LogP) is 2.23. The smallest absolute Gasteiger partial charge is 0.178 e. The van der Waals surface area contributed by atoms with E-state index < -0.39 is 15.7 Å². The summed E-state index contributed by atoms with van der Waals surface area (Å²) in [6.45, 7) is 5.36. The topological polar surface area (TPSA) is 55.4 Å². The van der Waals surface area contributed by atoms with Crippen LogP contribution in [-0.2, 0) is 14.6 Å². The van der Waals surface area contributed by atoms with E-state index in [1.54, 1.807) is 6.08 Å². The van der Waals surface area contributed by atoms with E-state index in [2.05, 4.69) is 11.9 Å². The molecule has 0 saturated carbocycles. The van der Waals surface area contributed by atoms with Gasteiger partial charge in [-0.1, -0.05) is 6.08 Å². The van der Waals surface area contributed by atoms with Crippen molar-refractivity contribution < 1.29 is 17.5 Å². The number of fused-ring (bicyclic) bond motifs is 1. The van der Waals surface area contributed by atoms with Gasteiger partial charge in [-0.2, -0.15) is 0 Å². The first-order valence-electron chi connectivity index (χ1n) is 6.99. The van der Waals surface area contributed by atoms with Gasteiger partial charge in [-0.05, 0) is 36.6 Å². The predicted molar refractivity (Wildman–Crippen MR) is 79.4 cm³/mol. The second-order valence-corrected chi connectivity index (χ2v) is 7.06. The molecule has 0 fully saturated rings. The van der Waals surface area contributed by atoms with Crippen LogP contribution >= 0.6 is 0 Å². The van der Waals surface area contributed by atoms with Crippen LogP contribution in [0.3, 0.4) is 0 Å². The van der Waals surface area contributed by atoms with E-state index in [0.29, 0.717) is 31.7 Å². The molecule has 1 aromatic carbocycles. The quantitative estimate of drug-likeness (QED) is 0.476. The molecule has 0 saturated heterocycles. The van der Waals surface area contributed by atoms with Gasteiger partial charge in [0.05, 0.1) is 23.9 Å². The van der Waals surface area contributed by atoms with Crippen LogP contribution in [0.1, 0.15) is 24.4 Å². The Labute approximate surface area is 124 Å². The lowest BCUT2D eigenvalue weighted by Crippen LogP contribution is -2.32.